The van der Waals surface area contributed by atoms with Gasteiger partial charge in [0.1, 0.15) is 6.10 Å². The topological polar surface area (TPSA) is 41.6 Å². The number of carbonyl (C=O) groups is 1. The van der Waals surface area contributed by atoms with Gasteiger partial charge in [-0.25, -0.2) is 0 Å². The molecule has 2 fully saturated rings. The molecule has 1 aliphatic heterocycles. The summed E-state index contributed by atoms with van der Waals surface area (Å²) in [6.07, 6.45) is 2.59. The minimum Gasteiger partial charge on any atom is -0.370 e. The number of hydrogen-bond acceptors (Lipinski definition) is 3. The highest BCUT2D eigenvalue weighted by Gasteiger charge is 2.26. The van der Waals surface area contributed by atoms with Crippen LogP contribution in [0.1, 0.15) is 24.5 Å². The Hall–Kier alpha value is -0.910. The third-order valence-corrected chi connectivity index (χ3v) is 4.54. The minimum atomic E-state index is -0.0244. The highest BCUT2D eigenvalue weighted by Crippen LogP contribution is 2.27. The molecule has 1 saturated heterocycles. The lowest BCUT2D eigenvalue weighted by Gasteiger charge is -2.33. The van der Waals surface area contributed by atoms with Crippen LogP contribution < -0.4 is 5.32 Å². The first kappa shape index (κ1) is 15.0. The largest absolute Gasteiger partial charge is 0.370 e. The van der Waals surface area contributed by atoms with Crippen molar-refractivity contribution in [3.63, 3.8) is 0 Å². The molecule has 1 aromatic carbocycles. The fraction of sp³-hybridized carbons (Fsp3) is 0.562. The number of ether oxygens (including phenoxy) is 1. The molecule has 0 radical (unpaired) electrons. The van der Waals surface area contributed by atoms with Crippen LogP contribution in [0.15, 0.2) is 28.7 Å². The normalized spacial score (nSPS) is 22.3. The molecule has 1 aliphatic carbocycles. The molecule has 1 aromatic rings. The molecule has 0 bridgehead atoms. The van der Waals surface area contributed by atoms with Crippen LogP contribution in [-0.4, -0.2) is 43.6 Å². The Morgan fingerprint density at radius 3 is 3.05 bits per heavy atom. The summed E-state index contributed by atoms with van der Waals surface area (Å²) < 4.78 is 6.86. The lowest BCUT2D eigenvalue weighted by Crippen LogP contribution is -2.46. The van der Waals surface area contributed by atoms with Crippen molar-refractivity contribution in [2.45, 2.75) is 18.9 Å². The summed E-state index contributed by atoms with van der Waals surface area (Å²) in [4.78, 5) is 14.2. The third-order valence-electron chi connectivity index (χ3n) is 4.05. The van der Waals surface area contributed by atoms with Crippen molar-refractivity contribution < 1.29 is 9.53 Å². The summed E-state index contributed by atoms with van der Waals surface area (Å²) >= 11 is 3.48. The molecular formula is C16H21BrN2O2. The van der Waals surface area contributed by atoms with Crippen LogP contribution in [-0.2, 0) is 9.53 Å². The summed E-state index contributed by atoms with van der Waals surface area (Å²) in [5, 5.41) is 3.27. The SMILES string of the molecule is O=C(CNCC1CC1)N1CCOC(c2cccc(Br)c2)C1. The van der Waals surface area contributed by atoms with E-state index in [1.807, 2.05) is 17.0 Å². The predicted octanol–water partition coefficient (Wildman–Crippen LogP) is 2.35. The fourth-order valence-corrected chi connectivity index (χ4v) is 3.02. The Morgan fingerprint density at radius 2 is 2.29 bits per heavy atom. The highest BCUT2D eigenvalue weighted by molar-refractivity contribution is 9.10. The second-order valence-corrected chi connectivity index (χ2v) is 6.74. The van der Waals surface area contributed by atoms with E-state index >= 15 is 0 Å². The quantitative estimate of drug-likeness (QED) is 0.884. The Bertz CT molecular complexity index is 505. The van der Waals surface area contributed by atoms with E-state index in [4.69, 9.17) is 4.74 Å². The number of benzene rings is 1. The van der Waals surface area contributed by atoms with Crippen LogP contribution in [0.2, 0.25) is 0 Å². The Labute approximate surface area is 134 Å². The molecule has 0 aromatic heterocycles. The van der Waals surface area contributed by atoms with Gasteiger partial charge in [0.05, 0.1) is 19.7 Å². The monoisotopic (exact) mass is 352 g/mol. The van der Waals surface area contributed by atoms with E-state index < -0.39 is 0 Å². The summed E-state index contributed by atoms with van der Waals surface area (Å²) in [5.74, 6) is 0.982. The number of amides is 1. The van der Waals surface area contributed by atoms with E-state index in [1.165, 1.54) is 12.8 Å². The van der Waals surface area contributed by atoms with Gasteiger partial charge in [-0.2, -0.15) is 0 Å². The van der Waals surface area contributed by atoms with E-state index in [2.05, 4.69) is 33.4 Å². The zero-order valence-electron chi connectivity index (χ0n) is 12.1. The van der Waals surface area contributed by atoms with Gasteiger partial charge in [0, 0.05) is 11.0 Å². The maximum atomic E-state index is 12.2. The molecule has 1 heterocycles. The van der Waals surface area contributed by atoms with Gasteiger partial charge in [-0.1, -0.05) is 28.1 Å². The van der Waals surface area contributed by atoms with E-state index in [-0.39, 0.29) is 12.0 Å². The maximum Gasteiger partial charge on any atom is 0.236 e. The standard InChI is InChI=1S/C16H21BrN2O2/c17-14-3-1-2-13(8-14)15-11-19(6-7-21-15)16(20)10-18-9-12-4-5-12/h1-3,8,12,15,18H,4-7,9-11H2. The van der Waals surface area contributed by atoms with E-state index in [0.717, 1.165) is 22.5 Å². The van der Waals surface area contributed by atoms with Crippen molar-refractivity contribution in [2.75, 3.05) is 32.8 Å². The van der Waals surface area contributed by atoms with E-state index in [1.54, 1.807) is 0 Å². The lowest BCUT2D eigenvalue weighted by atomic mass is 10.1. The van der Waals surface area contributed by atoms with Gasteiger partial charge in [-0.05, 0) is 43.0 Å². The van der Waals surface area contributed by atoms with Gasteiger partial charge >= 0.3 is 0 Å². The van der Waals surface area contributed by atoms with Crippen molar-refractivity contribution in [1.82, 2.24) is 10.2 Å². The summed E-state index contributed by atoms with van der Waals surface area (Å²) in [5.41, 5.74) is 1.12. The van der Waals surface area contributed by atoms with Crippen LogP contribution >= 0.6 is 15.9 Å². The molecule has 2 aliphatic rings. The van der Waals surface area contributed by atoms with Crippen LogP contribution in [0, 0.1) is 5.92 Å². The molecule has 1 saturated carbocycles. The summed E-state index contributed by atoms with van der Waals surface area (Å²) in [6, 6.07) is 8.11. The molecule has 0 spiro atoms. The number of rotatable bonds is 5. The molecule has 5 heteroatoms. The van der Waals surface area contributed by atoms with Gasteiger partial charge in [0.25, 0.3) is 0 Å². The van der Waals surface area contributed by atoms with Gasteiger partial charge in [-0.3, -0.25) is 4.79 Å². The zero-order chi connectivity index (χ0) is 14.7. The number of hydrogen-bond donors (Lipinski definition) is 1. The Kier molecular flexibility index (Phi) is 4.93. The summed E-state index contributed by atoms with van der Waals surface area (Å²) in [6.45, 7) is 3.35. The third kappa shape index (κ3) is 4.28. The van der Waals surface area contributed by atoms with Crippen LogP contribution in [0.25, 0.3) is 0 Å². The number of halogens is 1. The molecule has 1 atom stereocenters. The Balaban J connectivity index is 1.53. The Morgan fingerprint density at radius 1 is 1.43 bits per heavy atom. The molecule has 3 rings (SSSR count). The predicted molar refractivity (Wildman–Crippen MR) is 85.0 cm³/mol. The van der Waals surface area contributed by atoms with Gasteiger partial charge in [0.2, 0.25) is 5.91 Å². The molecule has 21 heavy (non-hydrogen) atoms. The maximum absolute atomic E-state index is 12.2. The average molecular weight is 353 g/mol. The van der Waals surface area contributed by atoms with Gasteiger partial charge in [0.15, 0.2) is 0 Å². The lowest BCUT2D eigenvalue weighted by molar-refractivity contribution is -0.138. The molecule has 114 valence electrons. The number of nitrogens with zero attached hydrogens (tertiary/aromatic N) is 1. The highest BCUT2D eigenvalue weighted by atomic mass is 79.9. The van der Waals surface area contributed by atoms with Gasteiger partial charge in [-0.15, -0.1) is 0 Å². The second-order valence-electron chi connectivity index (χ2n) is 5.83. The fourth-order valence-electron chi connectivity index (χ4n) is 2.60. The van der Waals surface area contributed by atoms with Crippen molar-refractivity contribution in [2.24, 2.45) is 5.92 Å². The molecule has 1 unspecified atom stereocenters. The second kappa shape index (κ2) is 6.90. The van der Waals surface area contributed by atoms with E-state index in [9.17, 15) is 4.79 Å². The van der Waals surface area contributed by atoms with Gasteiger partial charge < -0.3 is 15.0 Å². The molecule has 1 amide bonds. The van der Waals surface area contributed by atoms with Crippen LogP contribution in [0.4, 0.5) is 0 Å². The van der Waals surface area contributed by atoms with Crippen molar-refractivity contribution in [3.05, 3.63) is 34.3 Å². The first-order valence-electron chi connectivity index (χ1n) is 7.58. The van der Waals surface area contributed by atoms with Crippen molar-refractivity contribution in [3.8, 4) is 0 Å². The first-order valence-corrected chi connectivity index (χ1v) is 8.37. The van der Waals surface area contributed by atoms with Crippen LogP contribution in [0.3, 0.4) is 0 Å². The smallest absolute Gasteiger partial charge is 0.236 e. The van der Waals surface area contributed by atoms with E-state index in [0.29, 0.717) is 26.2 Å². The number of morpholine rings is 1. The molecule has 4 nitrogen and oxygen atoms in total. The first-order chi connectivity index (χ1) is 10.2. The molecular weight excluding hydrogens is 332 g/mol. The summed E-state index contributed by atoms with van der Waals surface area (Å²) in [7, 11) is 0. The average Bonchev–Trinajstić information content (AvgIpc) is 3.31. The number of nitrogens with one attached hydrogen (secondary N) is 1. The molecule has 1 N–H and O–H groups in total. The number of carbonyl (C=O) groups excluding carboxylic acids is 1. The van der Waals surface area contributed by atoms with Crippen molar-refractivity contribution >= 4 is 21.8 Å². The van der Waals surface area contributed by atoms with Crippen molar-refractivity contribution in [1.29, 1.82) is 0 Å². The minimum absolute atomic E-state index is 0.0244. The van der Waals surface area contributed by atoms with Crippen LogP contribution in [0.5, 0.6) is 0 Å². The zero-order valence-corrected chi connectivity index (χ0v) is 13.6.